The minimum atomic E-state index is -1.18. The molecule has 6 nitrogen and oxygen atoms in total. The van der Waals surface area contributed by atoms with Gasteiger partial charge in [0.25, 0.3) is 0 Å². The molecule has 0 bridgehead atoms. The van der Waals surface area contributed by atoms with E-state index in [1.807, 2.05) is 23.9 Å². The van der Waals surface area contributed by atoms with Crippen molar-refractivity contribution in [3.63, 3.8) is 0 Å². The molecule has 31 heavy (non-hydrogen) atoms. The number of benzene rings is 1. The molecule has 3 aromatic rings. The fraction of sp³-hybridized carbons (Fsp3) is 0.320. The third-order valence-corrected chi connectivity index (χ3v) is 6.52. The van der Waals surface area contributed by atoms with E-state index >= 15 is 0 Å². The summed E-state index contributed by atoms with van der Waals surface area (Å²) in [6, 6.07) is 10.0. The Hall–Kier alpha value is -3.41. The number of pyridine rings is 1. The number of aromatic carboxylic acids is 1. The second kappa shape index (κ2) is 6.54. The first-order valence-corrected chi connectivity index (χ1v) is 10.5. The Labute approximate surface area is 180 Å². The summed E-state index contributed by atoms with van der Waals surface area (Å²) in [5, 5.41) is 14.0. The van der Waals surface area contributed by atoms with Crippen LogP contribution < -0.4 is 5.43 Å². The van der Waals surface area contributed by atoms with Gasteiger partial charge in [-0.25, -0.2) is 4.79 Å². The molecule has 0 amide bonds. The summed E-state index contributed by atoms with van der Waals surface area (Å²) in [5.41, 5.74) is 6.98. The Balaban J connectivity index is 1.66. The fourth-order valence-electron chi connectivity index (χ4n) is 4.93. The van der Waals surface area contributed by atoms with Crippen LogP contribution in [0.2, 0.25) is 0 Å². The van der Waals surface area contributed by atoms with E-state index in [9.17, 15) is 14.7 Å². The molecule has 6 heteroatoms. The van der Waals surface area contributed by atoms with Gasteiger partial charge in [0.05, 0.1) is 5.69 Å². The van der Waals surface area contributed by atoms with Crippen LogP contribution in [-0.2, 0) is 13.5 Å². The van der Waals surface area contributed by atoms with Crippen LogP contribution in [0, 0.1) is 5.41 Å². The topological polar surface area (TPSA) is 77.1 Å². The lowest BCUT2D eigenvalue weighted by Gasteiger charge is -2.39. The van der Waals surface area contributed by atoms with Crippen LogP contribution in [0.15, 0.2) is 47.5 Å². The van der Waals surface area contributed by atoms with Crippen molar-refractivity contribution in [1.29, 1.82) is 0 Å². The molecule has 2 aromatic heterocycles. The summed E-state index contributed by atoms with van der Waals surface area (Å²) in [5.74, 6) is -1.18. The lowest BCUT2D eigenvalue weighted by Crippen LogP contribution is -2.32. The fourth-order valence-corrected chi connectivity index (χ4v) is 4.93. The van der Waals surface area contributed by atoms with Crippen LogP contribution in [0.3, 0.4) is 0 Å². The summed E-state index contributed by atoms with van der Waals surface area (Å²) < 4.78 is 3.82. The number of fused-ring (bicyclic) bond motifs is 4. The molecule has 1 N–H and O–H groups in total. The minimum Gasteiger partial charge on any atom is -0.477 e. The van der Waals surface area contributed by atoms with Crippen LogP contribution >= 0.6 is 0 Å². The maximum atomic E-state index is 12.6. The maximum Gasteiger partial charge on any atom is 0.341 e. The number of carboxylic acid groups (broad SMARTS) is 1. The van der Waals surface area contributed by atoms with Gasteiger partial charge in [-0.05, 0) is 46.2 Å². The van der Waals surface area contributed by atoms with Gasteiger partial charge in [-0.3, -0.25) is 9.48 Å². The van der Waals surface area contributed by atoms with E-state index in [1.54, 1.807) is 10.9 Å². The molecule has 1 aromatic carbocycles. The molecule has 0 saturated heterocycles. The van der Waals surface area contributed by atoms with Crippen LogP contribution in [0.1, 0.15) is 60.4 Å². The molecular formula is C25H25N3O3. The van der Waals surface area contributed by atoms with E-state index in [4.69, 9.17) is 0 Å². The molecule has 0 saturated carbocycles. The number of hydrogen-bond donors (Lipinski definition) is 1. The van der Waals surface area contributed by atoms with Gasteiger partial charge < -0.3 is 9.67 Å². The number of allylic oxidation sites excluding steroid dienone is 2. The molecule has 0 fully saturated rings. The molecule has 0 spiro atoms. The molecule has 1 aliphatic carbocycles. The average molecular weight is 415 g/mol. The largest absolute Gasteiger partial charge is 0.477 e. The Bertz CT molecular complexity index is 1330. The van der Waals surface area contributed by atoms with Crippen LogP contribution in [0.25, 0.3) is 22.4 Å². The molecule has 1 atom stereocenters. The van der Waals surface area contributed by atoms with Crippen LogP contribution in [-0.4, -0.2) is 25.4 Å². The molecule has 5 rings (SSSR count). The molecule has 158 valence electrons. The number of rotatable bonds is 2. The first-order chi connectivity index (χ1) is 14.6. The van der Waals surface area contributed by atoms with E-state index in [0.717, 1.165) is 35.4 Å². The highest BCUT2D eigenvalue weighted by atomic mass is 16.4. The minimum absolute atomic E-state index is 0.0568. The van der Waals surface area contributed by atoms with Gasteiger partial charge in [0.15, 0.2) is 5.43 Å². The number of hydrogen-bond acceptors (Lipinski definition) is 3. The molecule has 2 aliphatic rings. The highest BCUT2D eigenvalue weighted by Gasteiger charge is 2.37. The van der Waals surface area contributed by atoms with Gasteiger partial charge in [0, 0.05) is 49.2 Å². The highest BCUT2D eigenvalue weighted by Crippen LogP contribution is 2.50. The maximum absolute atomic E-state index is 12.6. The van der Waals surface area contributed by atoms with Gasteiger partial charge in [-0.15, -0.1) is 0 Å². The van der Waals surface area contributed by atoms with Crippen molar-refractivity contribution in [3.8, 4) is 11.3 Å². The Morgan fingerprint density at radius 3 is 2.58 bits per heavy atom. The van der Waals surface area contributed by atoms with E-state index in [0.29, 0.717) is 0 Å². The van der Waals surface area contributed by atoms with Crippen molar-refractivity contribution in [2.24, 2.45) is 12.5 Å². The average Bonchev–Trinajstić information content (AvgIpc) is 3.29. The lowest BCUT2D eigenvalue weighted by atomic mass is 9.78. The summed E-state index contributed by atoms with van der Waals surface area (Å²) in [6.07, 6.45) is 5.02. The first kappa shape index (κ1) is 19.5. The van der Waals surface area contributed by atoms with Crippen molar-refractivity contribution in [3.05, 3.63) is 75.3 Å². The van der Waals surface area contributed by atoms with Crippen molar-refractivity contribution >= 4 is 17.1 Å². The van der Waals surface area contributed by atoms with Crippen LogP contribution in [0.4, 0.5) is 0 Å². The quantitative estimate of drug-likeness (QED) is 0.673. The van der Waals surface area contributed by atoms with E-state index in [-0.39, 0.29) is 17.0 Å². The molecule has 0 unspecified atom stereocenters. The van der Waals surface area contributed by atoms with Gasteiger partial charge in [-0.1, -0.05) is 32.9 Å². The Morgan fingerprint density at radius 1 is 1.16 bits per heavy atom. The number of aryl methyl sites for hydroxylation is 1. The predicted octanol–water partition coefficient (Wildman–Crippen LogP) is 4.40. The summed E-state index contributed by atoms with van der Waals surface area (Å²) >= 11 is 0. The Morgan fingerprint density at radius 2 is 1.94 bits per heavy atom. The van der Waals surface area contributed by atoms with Crippen molar-refractivity contribution in [1.82, 2.24) is 14.3 Å². The number of carboxylic acids is 1. The van der Waals surface area contributed by atoms with Crippen molar-refractivity contribution in [2.45, 2.75) is 39.7 Å². The highest BCUT2D eigenvalue weighted by molar-refractivity contribution is 5.98. The normalized spacial score (nSPS) is 17.4. The number of aromatic nitrogens is 3. The number of carbonyl (C=O) groups is 1. The van der Waals surface area contributed by atoms with Gasteiger partial charge in [0.1, 0.15) is 5.56 Å². The van der Waals surface area contributed by atoms with E-state index < -0.39 is 11.4 Å². The van der Waals surface area contributed by atoms with Gasteiger partial charge in [-0.2, -0.15) is 5.10 Å². The molecule has 1 aliphatic heterocycles. The summed E-state index contributed by atoms with van der Waals surface area (Å²) in [7, 11) is 1.91. The number of nitrogens with zero attached hydrogens (tertiary/aromatic N) is 3. The van der Waals surface area contributed by atoms with Gasteiger partial charge >= 0.3 is 5.97 Å². The Kier molecular flexibility index (Phi) is 4.13. The van der Waals surface area contributed by atoms with E-state index in [1.165, 1.54) is 22.8 Å². The molecule has 0 radical (unpaired) electrons. The summed E-state index contributed by atoms with van der Waals surface area (Å²) in [4.78, 5) is 24.2. The standard InChI is InChI=1S/C25H25N3O3/c1-25(2,3)23-11-17-16-6-5-14(20-7-8-27(4)26-20)9-15(16)10-18(17)21-12-22(29)19(24(30)31)13-28(21)23/h5-9,12-13,23H,10-11H2,1-4H3,(H,30,31)/t23-/m0/s1. The zero-order valence-corrected chi connectivity index (χ0v) is 18.1. The van der Waals surface area contributed by atoms with Crippen molar-refractivity contribution < 1.29 is 9.90 Å². The molecular weight excluding hydrogens is 390 g/mol. The second-order valence-corrected chi connectivity index (χ2v) is 9.62. The lowest BCUT2D eigenvalue weighted by molar-refractivity contribution is 0.0693. The van der Waals surface area contributed by atoms with Gasteiger partial charge in [0.2, 0.25) is 0 Å². The molecule has 3 heterocycles. The zero-order valence-electron chi connectivity index (χ0n) is 18.1. The zero-order chi connectivity index (χ0) is 22.1. The monoisotopic (exact) mass is 415 g/mol. The van der Waals surface area contributed by atoms with E-state index in [2.05, 4.69) is 44.1 Å². The smallest absolute Gasteiger partial charge is 0.341 e. The third kappa shape index (κ3) is 3.05. The SMILES string of the molecule is Cn1ccc(-c2ccc3c(c2)CC2=C3C[C@@H](C(C)(C)C)n3cc(C(=O)O)c(=O)cc32)n1. The second-order valence-electron chi connectivity index (χ2n) is 9.62. The third-order valence-electron chi connectivity index (χ3n) is 6.52. The first-order valence-electron chi connectivity index (χ1n) is 10.5. The van der Waals surface area contributed by atoms with Crippen molar-refractivity contribution in [2.75, 3.05) is 0 Å². The predicted molar refractivity (Wildman–Crippen MR) is 120 cm³/mol. The van der Waals surface area contributed by atoms with Crippen LogP contribution in [0.5, 0.6) is 0 Å². The summed E-state index contributed by atoms with van der Waals surface area (Å²) in [6.45, 7) is 6.47.